The molecule has 0 bridgehead atoms. The van der Waals surface area contributed by atoms with Gasteiger partial charge in [0.2, 0.25) is 5.96 Å². The minimum atomic E-state index is 0.261. The third-order valence-electron chi connectivity index (χ3n) is 3.25. The Morgan fingerprint density at radius 1 is 1.09 bits per heavy atom. The van der Waals surface area contributed by atoms with Gasteiger partial charge in [-0.1, -0.05) is 18.2 Å². The average Bonchev–Trinajstić information content (AvgIpc) is 2.61. The molecule has 0 amide bonds. The summed E-state index contributed by atoms with van der Waals surface area (Å²) in [6.45, 7) is 0.481. The van der Waals surface area contributed by atoms with Crippen LogP contribution in [0.1, 0.15) is 11.1 Å². The van der Waals surface area contributed by atoms with Crippen LogP contribution in [-0.4, -0.2) is 22.1 Å². The van der Waals surface area contributed by atoms with E-state index in [4.69, 9.17) is 5.73 Å². The van der Waals surface area contributed by atoms with Gasteiger partial charge in [0.1, 0.15) is 0 Å². The van der Waals surface area contributed by atoms with Crippen LogP contribution in [0.15, 0.2) is 71.1 Å². The fourth-order valence-corrected chi connectivity index (χ4v) is 2.10. The first-order valence-electron chi connectivity index (χ1n) is 7.14. The van der Waals surface area contributed by atoms with E-state index in [0.717, 1.165) is 22.0 Å². The van der Waals surface area contributed by atoms with Crippen molar-refractivity contribution in [3.05, 3.63) is 72.2 Å². The van der Waals surface area contributed by atoms with Crippen LogP contribution in [0, 0.1) is 0 Å². The molecule has 23 heavy (non-hydrogen) atoms. The molecule has 3 N–H and O–H groups in total. The molecule has 0 aliphatic carbocycles. The zero-order valence-electron chi connectivity index (χ0n) is 12.4. The molecule has 0 saturated carbocycles. The van der Waals surface area contributed by atoms with Crippen LogP contribution in [0.3, 0.4) is 0 Å². The van der Waals surface area contributed by atoms with E-state index in [1.807, 2.05) is 42.5 Å². The number of fused-ring (bicyclic) bond motifs is 1. The van der Waals surface area contributed by atoms with E-state index in [2.05, 4.69) is 25.5 Å². The van der Waals surface area contributed by atoms with Crippen LogP contribution in [0.2, 0.25) is 0 Å². The van der Waals surface area contributed by atoms with E-state index < -0.39 is 0 Å². The van der Waals surface area contributed by atoms with Crippen molar-refractivity contribution in [2.75, 3.05) is 0 Å². The number of nitrogens with two attached hydrogens (primary N) is 1. The monoisotopic (exact) mass is 304 g/mol. The van der Waals surface area contributed by atoms with Gasteiger partial charge in [-0.05, 0) is 29.8 Å². The van der Waals surface area contributed by atoms with Crippen molar-refractivity contribution in [1.29, 1.82) is 0 Å². The largest absolute Gasteiger partial charge is 0.369 e. The first kappa shape index (κ1) is 14.6. The minimum Gasteiger partial charge on any atom is -0.369 e. The first-order chi connectivity index (χ1) is 11.3. The Labute approximate surface area is 133 Å². The average molecular weight is 304 g/mol. The van der Waals surface area contributed by atoms with Crippen molar-refractivity contribution >= 4 is 23.1 Å². The van der Waals surface area contributed by atoms with Gasteiger partial charge in [-0.15, -0.1) is 0 Å². The molecule has 3 aromatic rings. The SMILES string of the molecule is NC(=NCc1ccncc1)NN=Cc1ccnc2ccccc12. The summed E-state index contributed by atoms with van der Waals surface area (Å²) in [5, 5.41) is 5.17. The summed E-state index contributed by atoms with van der Waals surface area (Å²) >= 11 is 0. The molecule has 0 fully saturated rings. The molecular weight excluding hydrogens is 288 g/mol. The van der Waals surface area contributed by atoms with Crippen LogP contribution in [0.5, 0.6) is 0 Å². The number of rotatable bonds is 4. The summed E-state index contributed by atoms with van der Waals surface area (Å²) < 4.78 is 0. The van der Waals surface area contributed by atoms with E-state index in [9.17, 15) is 0 Å². The highest BCUT2D eigenvalue weighted by atomic mass is 15.3. The summed E-state index contributed by atoms with van der Waals surface area (Å²) in [4.78, 5) is 12.5. The molecule has 2 heterocycles. The third kappa shape index (κ3) is 3.88. The molecule has 0 spiro atoms. The van der Waals surface area contributed by atoms with Crippen molar-refractivity contribution in [1.82, 2.24) is 15.4 Å². The number of nitrogens with one attached hydrogen (secondary N) is 1. The van der Waals surface area contributed by atoms with Crippen molar-refractivity contribution in [2.45, 2.75) is 6.54 Å². The maximum absolute atomic E-state index is 5.80. The number of nitrogens with zero attached hydrogens (tertiary/aromatic N) is 4. The Balaban J connectivity index is 1.66. The van der Waals surface area contributed by atoms with Gasteiger partial charge in [0.05, 0.1) is 18.3 Å². The molecule has 6 nitrogen and oxygen atoms in total. The number of hydrazone groups is 1. The van der Waals surface area contributed by atoms with Crippen LogP contribution < -0.4 is 11.2 Å². The Bertz CT molecular complexity index is 837. The summed E-state index contributed by atoms with van der Waals surface area (Å²) in [7, 11) is 0. The first-order valence-corrected chi connectivity index (χ1v) is 7.14. The molecule has 114 valence electrons. The second-order valence-electron chi connectivity index (χ2n) is 4.84. The van der Waals surface area contributed by atoms with Crippen molar-refractivity contribution in [3.8, 4) is 0 Å². The van der Waals surface area contributed by atoms with E-state index in [1.165, 1.54) is 0 Å². The number of aromatic nitrogens is 2. The highest BCUT2D eigenvalue weighted by Gasteiger charge is 1.98. The minimum absolute atomic E-state index is 0.261. The Kier molecular flexibility index (Phi) is 4.54. The number of hydrogen-bond donors (Lipinski definition) is 2. The van der Waals surface area contributed by atoms with Gasteiger partial charge in [0, 0.05) is 29.5 Å². The van der Waals surface area contributed by atoms with Gasteiger partial charge in [-0.25, -0.2) is 10.4 Å². The van der Waals surface area contributed by atoms with E-state index >= 15 is 0 Å². The summed E-state index contributed by atoms with van der Waals surface area (Å²) in [6.07, 6.45) is 6.91. The smallest absolute Gasteiger partial charge is 0.209 e. The molecule has 2 aromatic heterocycles. The number of aliphatic imine (C=N–C) groups is 1. The lowest BCUT2D eigenvalue weighted by Gasteiger charge is -2.02. The van der Waals surface area contributed by atoms with E-state index in [-0.39, 0.29) is 5.96 Å². The summed E-state index contributed by atoms with van der Waals surface area (Å²) in [5.41, 5.74) is 11.4. The summed E-state index contributed by atoms with van der Waals surface area (Å²) in [6, 6.07) is 13.6. The van der Waals surface area contributed by atoms with Gasteiger partial charge >= 0.3 is 0 Å². The van der Waals surface area contributed by atoms with Gasteiger partial charge in [-0.2, -0.15) is 5.10 Å². The van der Waals surface area contributed by atoms with E-state index in [0.29, 0.717) is 6.54 Å². The molecule has 0 saturated heterocycles. The Hall–Kier alpha value is -3.28. The number of benzene rings is 1. The topological polar surface area (TPSA) is 88.5 Å². The molecule has 6 heteroatoms. The second-order valence-corrected chi connectivity index (χ2v) is 4.84. The number of para-hydroxylation sites is 1. The number of guanidine groups is 1. The zero-order valence-corrected chi connectivity index (χ0v) is 12.4. The number of hydrogen-bond acceptors (Lipinski definition) is 4. The Morgan fingerprint density at radius 3 is 2.78 bits per heavy atom. The molecule has 0 radical (unpaired) electrons. The van der Waals surface area contributed by atoms with Crippen LogP contribution in [0.4, 0.5) is 0 Å². The molecule has 3 rings (SSSR count). The molecule has 0 aliphatic rings. The molecular formula is C17H16N6. The quantitative estimate of drug-likeness (QED) is 0.439. The zero-order chi connectivity index (χ0) is 15.9. The van der Waals surface area contributed by atoms with Crippen LogP contribution in [0.25, 0.3) is 10.9 Å². The Morgan fingerprint density at radius 2 is 1.91 bits per heavy atom. The highest BCUT2D eigenvalue weighted by Crippen LogP contribution is 2.13. The van der Waals surface area contributed by atoms with Crippen molar-refractivity contribution in [2.24, 2.45) is 15.8 Å². The molecule has 0 atom stereocenters. The number of pyridine rings is 2. The fraction of sp³-hybridized carbons (Fsp3) is 0.0588. The molecule has 0 aliphatic heterocycles. The summed E-state index contributed by atoms with van der Waals surface area (Å²) in [5.74, 6) is 0.261. The highest BCUT2D eigenvalue weighted by molar-refractivity contribution is 5.98. The van der Waals surface area contributed by atoms with Gasteiger partial charge in [0.15, 0.2) is 0 Å². The van der Waals surface area contributed by atoms with Crippen LogP contribution in [-0.2, 0) is 6.54 Å². The maximum atomic E-state index is 5.80. The van der Waals surface area contributed by atoms with Gasteiger partial charge in [0.25, 0.3) is 0 Å². The van der Waals surface area contributed by atoms with Crippen molar-refractivity contribution in [3.63, 3.8) is 0 Å². The lowest BCUT2D eigenvalue weighted by atomic mass is 10.1. The molecule has 0 unspecified atom stereocenters. The normalized spacial score (nSPS) is 11.9. The maximum Gasteiger partial charge on any atom is 0.209 e. The lowest BCUT2D eigenvalue weighted by Crippen LogP contribution is -2.27. The fourth-order valence-electron chi connectivity index (χ4n) is 2.10. The standard InChI is InChI=1S/C17H16N6/c18-17(21-11-13-5-8-19-9-6-13)23-22-12-14-7-10-20-16-4-2-1-3-15(14)16/h1-10,12H,11H2,(H3,18,21,23). The lowest BCUT2D eigenvalue weighted by molar-refractivity contribution is 0.961. The molecule has 1 aromatic carbocycles. The van der Waals surface area contributed by atoms with Gasteiger partial charge in [-0.3, -0.25) is 9.97 Å². The van der Waals surface area contributed by atoms with Gasteiger partial charge < -0.3 is 5.73 Å². The second kappa shape index (κ2) is 7.13. The van der Waals surface area contributed by atoms with Crippen molar-refractivity contribution < 1.29 is 0 Å². The van der Waals surface area contributed by atoms with E-state index in [1.54, 1.807) is 24.8 Å². The predicted octanol–water partition coefficient (Wildman–Crippen LogP) is 2.07. The van der Waals surface area contributed by atoms with Crippen LogP contribution >= 0.6 is 0 Å². The predicted molar refractivity (Wildman–Crippen MR) is 92.0 cm³/mol. The third-order valence-corrected chi connectivity index (χ3v) is 3.25.